The summed E-state index contributed by atoms with van der Waals surface area (Å²) in [6.45, 7) is 3.46. The average molecular weight is 274 g/mol. The Hall–Kier alpha value is -1.09. The summed E-state index contributed by atoms with van der Waals surface area (Å²) in [6, 6.07) is 8.35. The van der Waals surface area contributed by atoms with Crippen molar-refractivity contribution in [3.8, 4) is 0 Å². The molecule has 0 bridgehead atoms. The van der Waals surface area contributed by atoms with Crippen LogP contribution in [-0.2, 0) is 0 Å². The van der Waals surface area contributed by atoms with Crippen LogP contribution >= 0.6 is 11.3 Å². The summed E-state index contributed by atoms with van der Waals surface area (Å²) in [7, 11) is 0. The number of rotatable bonds is 4. The Bertz CT molecular complexity index is 501. The highest BCUT2D eigenvalue weighted by atomic mass is 32.1. The maximum absolute atomic E-state index is 4.62. The number of anilines is 1. The van der Waals surface area contributed by atoms with E-state index in [1.807, 2.05) is 0 Å². The van der Waals surface area contributed by atoms with Crippen molar-refractivity contribution in [3.05, 3.63) is 24.3 Å². The molecule has 1 saturated carbocycles. The maximum atomic E-state index is 4.62. The summed E-state index contributed by atoms with van der Waals surface area (Å²) >= 11 is 1.76. The molecule has 102 valence electrons. The number of thiazole rings is 1. The van der Waals surface area contributed by atoms with Gasteiger partial charge in [-0.05, 0) is 36.8 Å². The van der Waals surface area contributed by atoms with Gasteiger partial charge in [-0.3, -0.25) is 0 Å². The molecule has 0 amide bonds. The van der Waals surface area contributed by atoms with Gasteiger partial charge in [-0.1, -0.05) is 49.7 Å². The standard InChI is InChI=1S/C16H22N2S/c1-12-5-4-6-13(11-12)9-10-17-16-18-14-7-2-3-8-15(14)19-16/h2-3,7-8,12-13H,4-6,9-11H2,1H3,(H,17,18). The number of nitrogens with zero attached hydrogens (tertiary/aromatic N) is 1. The third kappa shape index (κ3) is 3.27. The quantitative estimate of drug-likeness (QED) is 0.855. The maximum Gasteiger partial charge on any atom is 0.183 e. The van der Waals surface area contributed by atoms with E-state index in [0.29, 0.717) is 0 Å². The largest absolute Gasteiger partial charge is 0.361 e. The number of benzene rings is 1. The Morgan fingerprint density at radius 2 is 2.21 bits per heavy atom. The van der Waals surface area contributed by atoms with E-state index in [1.165, 1.54) is 36.8 Å². The van der Waals surface area contributed by atoms with Crippen molar-refractivity contribution in [3.63, 3.8) is 0 Å². The highest BCUT2D eigenvalue weighted by molar-refractivity contribution is 7.22. The van der Waals surface area contributed by atoms with Gasteiger partial charge in [0.1, 0.15) is 0 Å². The van der Waals surface area contributed by atoms with E-state index in [4.69, 9.17) is 0 Å². The highest BCUT2D eigenvalue weighted by Gasteiger charge is 2.18. The minimum absolute atomic E-state index is 0.922. The van der Waals surface area contributed by atoms with Gasteiger partial charge in [0, 0.05) is 6.54 Å². The summed E-state index contributed by atoms with van der Waals surface area (Å²) in [4.78, 5) is 4.62. The predicted octanol–water partition coefficient (Wildman–Crippen LogP) is 4.92. The lowest BCUT2D eigenvalue weighted by molar-refractivity contribution is 0.274. The minimum atomic E-state index is 0.922. The van der Waals surface area contributed by atoms with Gasteiger partial charge >= 0.3 is 0 Å². The molecule has 1 aromatic heterocycles. The zero-order chi connectivity index (χ0) is 13.1. The number of aromatic nitrogens is 1. The molecule has 19 heavy (non-hydrogen) atoms. The number of hydrogen-bond acceptors (Lipinski definition) is 3. The van der Waals surface area contributed by atoms with Gasteiger partial charge in [0.15, 0.2) is 5.13 Å². The summed E-state index contributed by atoms with van der Waals surface area (Å²) < 4.78 is 1.27. The second kappa shape index (κ2) is 5.91. The third-order valence-corrected chi connectivity index (χ3v) is 5.16. The van der Waals surface area contributed by atoms with Gasteiger partial charge in [0.2, 0.25) is 0 Å². The van der Waals surface area contributed by atoms with Crippen molar-refractivity contribution in [2.45, 2.75) is 39.0 Å². The molecule has 2 aromatic rings. The zero-order valence-corrected chi connectivity index (χ0v) is 12.4. The Labute approximate surface area is 119 Å². The van der Waals surface area contributed by atoms with E-state index in [1.54, 1.807) is 11.3 Å². The molecule has 0 saturated heterocycles. The summed E-state index contributed by atoms with van der Waals surface area (Å²) in [5, 5.41) is 4.58. The SMILES string of the molecule is CC1CCCC(CCNc2nc3ccccc3s2)C1. The Balaban J connectivity index is 1.51. The molecule has 1 N–H and O–H groups in total. The lowest BCUT2D eigenvalue weighted by Gasteiger charge is -2.26. The predicted molar refractivity (Wildman–Crippen MR) is 83.8 cm³/mol. The molecule has 0 spiro atoms. The van der Waals surface area contributed by atoms with Gasteiger partial charge in [-0.25, -0.2) is 4.98 Å². The Morgan fingerprint density at radius 3 is 3.05 bits per heavy atom. The molecule has 3 rings (SSSR count). The van der Waals surface area contributed by atoms with Crippen LogP contribution in [0.25, 0.3) is 10.2 Å². The second-order valence-electron chi connectivity index (χ2n) is 5.84. The smallest absolute Gasteiger partial charge is 0.183 e. The van der Waals surface area contributed by atoms with E-state index in [-0.39, 0.29) is 0 Å². The fourth-order valence-corrected chi connectivity index (χ4v) is 4.04. The van der Waals surface area contributed by atoms with Crippen LogP contribution in [0.2, 0.25) is 0 Å². The molecule has 1 aromatic carbocycles. The molecule has 2 unspecified atom stereocenters. The molecule has 1 aliphatic rings. The van der Waals surface area contributed by atoms with Crippen LogP contribution < -0.4 is 5.32 Å². The molecule has 1 fully saturated rings. The first kappa shape index (κ1) is 12.9. The topological polar surface area (TPSA) is 24.9 Å². The van der Waals surface area contributed by atoms with E-state index in [0.717, 1.165) is 29.0 Å². The van der Waals surface area contributed by atoms with Gasteiger partial charge in [0.05, 0.1) is 10.2 Å². The number of hydrogen-bond donors (Lipinski definition) is 1. The molecule has 0 radical (unpaired) electrons. The Kier molecular flexibility index (Phi) is 4.02. The normalized spacial score (nSPS) is 23.6. The number of para-hydroxylation sites is 1. The van der Waals surface area contributed by atoms with Crippen molar-refractivity contribution in [2.24, 2.45) is 11.8 Å². The molecule has 1 heterocycles. The van der Waals surface area contributed by atoms with E-state index in [9.17, 15) is 0 Å². The highest BCUT2D eigenvalue weighted by Crippen LogP contribution is 2.31. The lowest BCUT2D eigenvalue weighted by Crippen LogP contribution is -2.16. The van der Waals surface area contributed by atoms with Crippen molar-refractivity contribution in [1.82, 2.24) is 4.98 Å². The number of fused-ring (bicyclic) bond motifs is 1. The van der Waals surface area contributed by atoms with E-state index < -0.39 is 0 Å². The molecular weight excluding hydrogens is 252 g/mol. The van der Waals surface area contributed by atoms with Crippen molar-refractivity contribution >= 4 is 26.7 Å². The van der Waals surface area contributed by atoms with Crippen molar-refractivity contribution in [2.75, 3.05) is 11.9 Å². The molecular formula is C16H22N2S. The second-order valence-corrected chi connectivity index (χ2v) is 6.87. The first-order chi connectivity index (χ1) is 9.31. The van der Waals surface area contributed by atoms with Crippen LogP contribution in [0.3, 0.4) is 0 Å². The number of nitrogens with one attached hydrogen (secondary N) is 1. The van der Waals surface area contributed by atoms with E-state index in [2.05, 4.69) is 41.5 Å². The van der Waals surface area contributed by atoms with Crippen LogP contribution in [0.15, 0.2) is 24.3 Å². The average Bonchev–Trinajstić information content (AvgIpc) is 2.81. The van der Waals surface area contributed by atoms with Crippen LogP contribution in [-0.4, -0.2) is 11.5 Å². The van der Waals surface area contributed by atoms with Crippen LogP contribution in [0.4, 0.5) is 5.13 Å². The monoisotopic (exact) mass is 274 g/mol. The fraction of sp³-hybridized carbons (Fsp3) is 0.562. The molecule has 2 atom stereocenters. The van der Waals surface area contributed by atoms with Gasteiger partial charge in [-0.15, -0.1) is 0 Å². The summed E-state index contributed by atoms with van der Waals surface area (Å²) in [5.41, 5.74) is 1.11. The van der Waals surface area contributed by atoms with Gasteiger partial charge in [0.25, 0.3) is 0 Å². The van der Waals surface area contributed by atoms with Crippen LogP contribution in [0.5, 0.6) is 0 Å². The van der Waals surface area contributed by atoms with Crippen LogP contribution in [0, 0.1) is 11.8 Å². The third-order valence-electron chi connectivity index (χ3n) is 4.17. The van der Waals surface area contributed by atoms with Crippen LogP contribution in [0.1, 0.15) is 39.0 Å². The van der Waals surface area contributed by atoms with E-state index >= 15 is 0 Å². The summed E-state index contributed by atoms with van der Waals surface area (Å²) in [5.74, 6) is 1.85. The summed E-state index contributed by atoms with van der Waals surface area (Å²) in [6.07, 6.45) is 6.99. The van der Waals surface area contributed by atoms with Crippen molar-refractivity contribution in [1.29, 1.82) is 0 Å². The molecule has 3 heteroatoms. The zero-order valence-electron chi connectivity index (χ0n) is 11.6. The fourth-order valence-electron chi connectivity index (χ4n) is 3.15. The van der Waals surface area contributed by atoms with Crippen molar-refractivity contribution < 1.29 is 0 Å². The first-order valence-electron chi connectivity index (χ1n) is 7.40. The Morgan fingerprint density at radius 1 is 1.32 bits per heavy atom. The van der Waals surface area contributed by atoms with Gasteiger partial charge < -0.3 is 5.32 Å². The minimum Gasteiger partial charge on any atom is -0.361 e. The molecule has 2 nitrogen and oxygen atoms in total. The molecule has 1 aliphatic carbocycles. The lowest BCUT2D eigenvalue weighted by atomic mass is 9.81. The first-order valence-corrected chi connectivity index (χ1v) is 8.22. The molecule has 0 aliphatic heterocycles. The van der Waals surface area contributed by atoms with Gasteiger partial charge in [-0.2, -0.15) is 0 Å².